The van der Waals surface area contributed by atoms with Gasteiger partial charge in [-0.25, -0.2) is 0 Å². The minimum Gasteiger partial charge on any atom is -0.331 e. The van der Waals surface area contributed by atoms with E-state index < -0.39 is 0 Å². The van der Waals surface area contributed by atoms with Gasteiger partial charge in [-0.05, 0) is 17.9 Å². The lowest BCUT2D eigenvalue weighted by Crippen LogP contribution is -2.42. The van der Waals surface area contributed by atoms with Crippen LogP contribution in [0.3, 0.4) is 0 Å². The SMILES string of the molecule is O=C([C@@H]1C[C@@H](c2ccccc2)CN1)N1CCSC1.[HH]. The third-order valence-electron chi connectivity index (χ3n) is 3.76. The fourth-order valence-electron chi connectivity index (χ4n) is 2.71. The summed E-state index contributed by atoms with van der Waals surface area (Å²) < 4.78 is 0. The first-order valence-corrected chi connectivity index (χ1v) is 7.65. The van der Waals surface area contributed by atoms with Crippen molar-refractivity contribution in [2.75, 3.05) is 24.7 Å². The summed E-state index contributed by atoms with van der Waals surface area (Å²) in [5.74, 6) is 2.72. The highest BCUT2D eigenvalue weighted by Gasteiger charge is 2.33. The lowest BCUT2D eigenvalue weighted by Gasteiger charge is -2.19. The van der Waals surface area contributed by atoms with Crippen molar-refractivity contribution in [2.45, 2.75) is 18.4 Å². The van der Waals surface area contributed by atoms with E-state index in [0.717, 1.165) is 31.1 Å². The summed E-state index contributed by atoms with van der Waals surface area (Å²) in [5.41, 5.74) is 1.34. The highest BCUT2D eigenvalue weighted by molar-refractivity contribution is 7.99. The number of rotatable bonds is 2. The van der Waals surface area contributed by atoms with Crippen molar-refractivity contribution in [1.82, 2.24) is 10.2 Å². The molecule has 0 aromatic heterocycles. The average Bonchev–Trinajstić information content (AvgIpc) is 3.10. The number of benzene rings is 1. The van der Waals surface area contributed by atoms with Gasteiger partial charge in [-0.3, -0.25) is 4.79 Å². The Hall–Kier alpha value is -1.00. The predicted molar refractivity (Wildman–Crippen MR) is 76.7 cm³/mol. The zero-order valence-electron chi connectivity index (χ0n) is 10.3. The van der Waals surface area contributed by atoms with E-state index in [4.69, 9.17) is 0 Å². The molecular weight excluding hydrogens is 244 g/mol. The van der Waals surface area contributed by atoms with Crippen molar-refractivity contribution in [3.8, 4) is 0 Å². The van der Waals surface area contributed by atoms with E-state index in [2.05, 4.69) is 29.6 Å². The fraction of sp³-hybridized carbons (Fsp3) is 0.500. The van der Waals surface area contributed by atoms with Crippen LogP contribution in [0.25, 0.3) is 0 Å². The van der Waals surface area contributed by atoms with Crippen LogP contribution in [0.15, 0.2) is 30.3 Å². The average molecular weight is 264 g/mol. The molecule has 2 saturated heterocycles. The van der Waals surface area contributed by atoms with Gasteiger partial charge in [0, 0.05) is 20.3 Å². The van der Waals surface area contributed by atoms with Crippen molar-refractivity contribution < 1.29 is 6.22 Å². The first-order chi connectivity index (χ1) is 8.84. The number of nitrogens with one attached hydrogen (secondary N) is 1. The molecule has 3 rings (SSSR count). The standard InChI is InChI=1S/C14H18N2OS.H2/c17-14(16-6-7-18-10-16)13-8-12(9-15-13)11-4-2-1-3-5-11;/h1-5,12-13,15H,6-10H2;1H/t12-,13+;/m1./s1. The van der Waals surface area contributed by atoms with Gasteiger partial charge in [0.15, 0.2) is 0 Å². The second-order valence-electron chi connectivity index (χ2n) is 4.94. The maximum Gasteiger partial charge on any atom is 0.240 e. The summed E-state index contributed by atoms with van der Waals surface area (Å²) in [6.45, 7) is 1.83. The smallest absolute Gasteiger partial charge is 0.240 e. The van der Waals surface area contributed by atoms with Crippen molar-refractivity contribution in [3.63, 3.8) is 0 Å². The number of thioether (sulfide) groups is 1. The number of hydrogen-bond donors (Lipinski definition) is 1. The summed E-state index contributed by atoms with van der Waals surface area (Å²) in [5, 5.41) is 3.38. The van der Waals surface area contributed by atoms with Crippen LogP contribution in [0.2, 0.25) is 0 Å². The lowest BCUT2D eigenvalue weighted by atomic mass is 9.96. The van der Waals surface area contributed by atoms with E-state index in [0.29, 0.717) is 11.8 Å². The van der Waals surface area contributed by atoms with Gasteiger partial charge in [0.25, 0.3) is 0 Å². The van der Waals surface area contributed by atoms with Crippen LogP contribution >= 0.6 is 11.8 Å². The van der Waals surface area contributed by atoms with Crippen LogP contribution < -0.4 is 5.32 Å². The Labute approximate surface area is 113 Å². The van der Waals surface area contributed by atoms with Crippen molar-refractivity contribution >= 4 is 17.7 Å². The van der Waals surface area contributed by atoms with E-state index in [9.17, 15) is 4.79 Å². The van der Waals surface area contributed by atoms with Gasteiger partial charge in [-0.2, -0.15) is 0 Å². The minimum atomic E-state index is 0. The molecule has 98 valence electrons. The molecule has 2 atom stereocenters. The minimum absolute atomic E-state index is 0. The Morgan fingerprint density at radius 2 is 2.22 bits per heavy atom. The first-order valence-electron chi connectivity index (χ1n) is 6.49. The van der Waals surface area contributed by atoms with Crippen LogP contribution in [-0.2, 0) is 4.79 Å². The topological polar surface area (TPSA) is 32.3 Å². The van der Waals surface area contributed by atoms with E-state index in [-0.39, 0.29) is 7.47 Å². The lowest BCUT2D eigenvalue weighted by molar-refractivity contribution is -0.131. The molecule has 1 amide bonds. The predicted octanol–water partition coefficient (Wildman–Crippen LogP) is 1.91. The second kappa shape index (κ2) is 5.33. The Bertz CT molecular complexity index is 423. The first kappa shape index (κ1) is 12.1. The Balaban J connectivity index is 0.00000133. The molecule has 0 aliphatic carbocycles. The molecule has 0 bridgehead atoms. The number of carbonyl (C=O) groups is 1. The maximum atomic E-state index is 12.3. The molecule has 0 spiro atoms. The van der Waals surface area contributed by atoms with E-state index in [1.165, 1.54) is 5.56 Å². The third kappa shape index (κ3) is 2.40. The van der Waals surface area contributed by atoms with Crippen molar-refractivity contribution in [2.24, 2.45) is 0 Å². The Morgan fingerprint density at radius 1 is 1.39 bits per heavy atom. The largest absolute Gasteiger partial charge is 0.331 e. The van der Waals surface area contributed by atoms with Crippen LogP contribution in [0, 0.1) is 0 Å². The molecule has 2 fully saturated rings. The van der Waals surface area contributed by atoms with Gasteiger partial charge in [-0.15, -0.1) is 11.8 Å². The van der Waals surface area contributed by atoms with Gasteiger partial charge in [0.05, 0.1) is 11.9 Å². The van der Waals surface area contributed by atoms with E-state index >= 15 is 0 Å². The van der Waals surface area contributed by atoms with E-state index in [1.807, 2.05) is 22.7 Å². The molecular formula is C14H20N2OS. The van der Waals surface area contributed by atoms with Crippen LogP contribution in [-0.4, -0.2) is 41.6 Å². The van der Waals surface area contributed by atoms with E-state index in [1.54, 1.807) is 0 Å². The monoisotopic (exact) mass is 264 g/mol. The highest BCUT2D eigenvalue weighted by atomic mass is 32.2. The summed E-state index contributed by atoms with van der Waals surface area (Å²) >= 11 is 1.84. The maximum absolute atomic E-state index is 12.3. The quantitative estimate of drug-likeness (QED) is 0.885. The van der Waals surface area contributed by atoms with Gasteiger partial charge in [0.1, 0.15) is 0 Å². The Morgan fingerprint density at radius 3 is 2.94 bits per heavy atom. The number of nitrogens with zero attached hydrogens (tertiary/aromatic N) is 1. The summed E-state index contributed by atoms with van der Waals surface area (Å²) in [4.78, 5) is 14.3. The molecule has 4 heteroatoms. The molecule has 2 heterocycles. The third-order valence-corrected chi connectivity index (χ3v) is 4.73. The zero-order chi connectivity index (χ0) is 12.4. The summed E-state index contributed by atoms with van der Waals surface area (Å²) in [7, 11) is 0. The fourth-order valence-corrected chi connectivity index (χ4v) is 3.67. The highest BCUT2D eigenvalue weighted by Crippen LogP contribution is 2.27. The summed E-state index contributed by atoms with van der Waals surface area (Å²) in [6, 6.07) is 10.5. The number of hydrogen-bond acceptors (Lipinski definition) is 3. The van der Waals surface area contributed by atoms with Crippen molar-refractivity contribution in [3.05, 3.63) is 35.9 Å². The molecule has 0 radical (unpaired) electrons. The molecule has 0 saturated carbocycles. The molecule has 1 aromatic carbocycles. The second-order valence-corrected chi connectivity index (χ2v) is 6.02. The van der Waals surface area contributed by atoms with Gasteiger partial charge >= 0.3 is 0 Å². The Kier molecular flexibility index (Phi) is 3.57. The van der Waals surface area contributed by atoms with Crippen LogP contribution in [0.5, 0.6) is 0 Å². The number of amides is 1. The molecule has 1 aromatic rings. The van der Waals surface area contributed by atoms with Crippen LogP contribution in [0.1, 0.15) is 19.3 Å². The van der Waals surface area contributed by atoms with Gasteiger partial charge < -0.3 is 10.2 Å². The summed E-state index contributed by atoms with van der Waals surface area (Å²) in [6.07, 6.45) is 0.935. The zero-order valence-corrected chi connectivity index (χ0v) is 11.2. The number of carbonyl (C=O) groups excluding carboxylic acids is 1. The molecule has 1 N–H and O–H groups in total. The molecule has 18 heavy (non-hydrogen) atoms. The van der Waals surface area contributed by atoms with Gasteiger partial charge in [-0.1, -0.05) is 30.3 Å². The molecule has 2 aliphatic rings. The van der Waals surface area contributed by atoms with Gasteiger partial charge in [0.2, 0.25) is 5.91 Å². The molecule has 0 unspecified atom stereocenters. The normalized spacial score (nSPS) is 27.7. The molecule has 2 aliphatic heterocycles. The van der Waals surface area contributed by atoms with Crippen LogP contribution in [0.4, 0.5) is 0 Å². The van der Waals surface area contributed by atoms with Crippen molar-refractivity contribution in [1.29, 1.82) is 0 Å². The molecule has 3 nitrogen and oxygen atoms in total.